The molecule has 1 fully saturated rings. The van der Waals surface area contributed by atoms with Crippen LogP contribution in [0, 0.1) is 0 Å². The Morgan fingerprint density at radius 3 is 2.44 bits per heavy atom. The van der Waals surface area contributed by atoms with E-state index < -0.39 is 0 Å². The highest BCUT2D eigenvalue weighted by atomic mass is 16.5. The third-order valence-corrected chi connectivity index (χ3v) is 4.07. The minimum atomic E-state index is -0.0855. The number of anilines is 1. The van der Waals surface area contributed by atoms with E-state index in [1.807, 2.05) is 25.1 Å². The molecule has 138 valence electrons. The number of ether oxygens (including phenoxy) is 1. The summed E-state index contributed by atoms with van der Waals surface area (Å²) in [6.07, 6.45) is 0. The van der Waals surface area contributed by atoms with Gasteiger partial charge in [0.1, 0.15) is 5.75 Å². The van der Waals surface area contributed by atoms with E-state index in [-0.39, 0.29) is 11.8 Å². The number of rotatable bonds is 8. The van der Waals surface area contributed by atoms with Gasteiger partial charge in [0.2, 0.25) is 11.8 Å². The SMILES string of the molecule is CCOc1ccccc1N1CCN(CC(=O)NCCNC(C)=O)CC1. The molecular weight excluding hydrogens is 320 g/mol. The van der Waals surface area contributed by atoms with Crippen LogP contribution in [0.2, 0.25) is 0 Å². The van der Waals surface area contributed by atoms with E-state index in [1.165, 1.54) is 6.92 Å². The Balaban J connectivity index is 1.74. The van der Waals surface area contributed by atoms with E-state index in [1.54, 1.807) is 0 Å². The van der Waals surface area contributed by atoms with E-state index in [4.69, 9.17) is 4.74 Å². The van der Waals surface area contributed by atoms with E-state index in [9.17, 15) is 9.59 Å². The van der Waals surface area contributed by atoms with Crippen molar-refractivity contribution in [2.45, 2.75) is 13.8 Å². The van der Waals surface area contributed by atoms with E-state index >= 15 is 0 Å². The van der Waals surface area contributed by atoms with Crippen LogP contribution in [0.25, 0.3) is 0 Å². The number of carbonyl (C=O) groups is 2. The summed E-state index contributed by atoms with van der Waals surface area (Å²) in [5.74, 6) is 0.820. The van der Waals surface area contributed by atoms with Crippen molar-refractivity contribution in [3.63, 3.8) is 0 Å². The van der Waals surface area contributed by atoms with Crippen molar-refractivity contribution in [3.8, 4) is 5.75 Å². The van der Waals surface area contributed by atoms with Crippen LogP contribution in [0.15, 0.2) is 24.3 Å². The molecule has 25 heavy (non-hydrogen) atoms. The number of carbonyl (C=O) groups excluding carboxylic acids is 2. The van der Waals surface area contributed by atoms with Gasteiger partial charge in [-0.2, -0.15) is 0 Å². The Kier molecular flexibility index (Phi) is 7.53. The fraction of sp³-hybridized carbons (Fsp3) is 0.556. The Morgan fingerprint density at radius 2 is 1.76 bits per heavy atom. The largest absolute Gasteiger partial charge is 0.492 e. The number of hydrogen-bond donors (Lipinski definition) is 2. The summed E-state index contributed by atoms with van der Waals surface area (Å²) < 4.78 is 5.70. The number of para-hydroxylation sites is 2. The zero-order valence-corrected chi connectivity index (χ0v) is 15.1. The molecule has 0 saturated carbocycles. The first-order valence-electron chi connectivity index (χ1n) is 8.80. The van der Waals surface area contributed by atoms with Crippen LogP contribution in [0.1, 0.15) is 13.8 Å². The fourth-order valence-electron chi connectivity index (χ4n) is 2.84. The standard InChI is InChI=1S/C18H28N4O3/c1-3-25-17-7-5-4-6-16(17)22-12-10-21(11-13-22)14-18(24)20-9-8-19-15(2)23/h4-7H,3,8-14H2,1-2H3,(H,19,23)(H,20,24). The Morgan fingerprint density at radius 1 is 1.08 bits per heavy atom. The third kappa shape index (κ3) is 6.26. The molecular formula is C18H28N4O3. The van der Waals surface area contributed by atoms with Crippen LogP contribution in [-0.2, 0) is 9.59 Å². The predicted octanol–water partition coefficient (Wildman–Crippen LogP) is 0.460. The zero-order valence-electron chi connectivity index (χ0n) is 15.1. The van der Waals surface area contributed by atoms with Gasteiger partial charge in [0.15, 0.2) is 0 Å². The Bertz CT molecular complexity index is 571. The predicted molar refractivity (Wildman–Crippen MR) is 98.0 cm³/mol. The average Bonchev–Trinajstić information content (AvgIpc) is 2.60. The quantitative estimate of drug-likeness (QED) is 0.668. The maximum absolute atomic E-state index is 11.9. The second-order valence-corrected chi connectivity index (χ2v) is 6.00. The topological polar surface area (TPSA) is 73.9 Å². The molecule has 0 atom stereocenters. The molecule has 0 bridgehead atoms. The molecule has 2 amide bonds. The summed E-state index contributed by atoms with van der Waals surface area (Å²) in [6.45, 7) is 8.80. The Hall–Kier alpha value is -2.28. The second-order valence-electron chi connectivity index (χ2n) is 6.00. The molecule has 2 rings (SSSR count). The first kappa shape index (κ1) is 19.1. The molecule has 1 aromatic rings. The van der Waals surface area contributed by atoms with E-state index in [0.29, 0.717) is 26.2 Å². The van der Waals surface area contributed by atoms with Gasteiger partial charge in [0.25, 0.3) is 0 Å². The molecule has 1 aliphatic rings. The molecule has 7 nitrogen and oxygen atoms in total. The second kappa shape index (κ2) is 9.88. The third-order valence-electron chi connectivity index (χ3n) is 4.07. The molecule has 7 heteroatoms. The van der Waals surface area contributed by atoms with Crippen molar-refractivity contribution >= 4 is 17.5 Å². The molecule has 0 aliphatic carbocycles. The van der Waals surface area contributed by atoms with Crippen molar-refractivity contribution in [2.24, 2.45) is 0 Å². The van der Waals surface area contributed by atoms with Crippen molar-refractivity contribution < 1.29 is 14.3 Å². The lowest BCUT2D eigenvalue weighted by Gasteiger charge is -2.36. The van der Waals surface area contributed by atoms with Crippen LogP contribution in [-0.4, -0.2) is 69.1 Å². The summed E-state index contributed by atoms with van der Waals surface area (Å²) in [7, 11) is 0. The smallest absolute Gasteiger partial charge is 0.234 e. The van der Waals surface area contributed by atoms with Gasteiger partial charge in [-0.3, -0.25) is 14.5 Å². The molecule has 2 N–H and O–H groups in total. The van der Waals surface area contributed by atoms with Crippen LogP contribution in [0.5, 0.6) is 5.75 Å². The summed E-state index contributed by atoms with van der Waals surface area (Å²) >= 11 is 0. The number of amides is 2. The number of benzene rings is 1. The lowest BCUT2D eigenvalue weighted by atomic mass is 10.2. The highest BCUT2D eigenvalue weighted by molar-refractivity contribution is 5.78. The molecule has 0 spiro atoms. The van der Waals surface area contributed by atoms with Crippen LogP contribution in [0.4, 0.5) is 5.69 Å². The lowest BCUT2D eigenvalue weighted by molar-refractivity contribution is -0.123. The van der Waals surface area contributed by atoms with Gasteiger partial charge in [-0.15, -0.1) is 0 Å². The zero-order chi connectivity index (χ0) is 18.1. The summed E-state index contributed by atoms with van der Waals surface area (Å²) in [4.78, 5) is 27.2. The fourth-order valence-corrected chi connectivity index (χ4v) is 2.84. The molecule has 1 aromatic carbocycles. The summed E-state index contributed by atoms with van der Waals surface area (Å²) in [5, 5.41) is 5.48. The maximum atomic E-state index is 11.9. The van der Waals surface area contributed by atoms with Gasteiger partial charge in [-0.25, -0.2) is 0 Å². The van der Waals surface area contributed by atoms with Gasteiger partial charge in [0.05, 0.1) is 18.8 Å². The number of nitrogens with zero attached hydrogens (tertiary/aromatic N) is 2. The van der Waals surface area contributed by atoms with E-state index in [0.717, 1.165) is 37.6 Å². The van der Waals surface area contributed by atoms with Gasteiger partial charge in [-0.1, -0.05) is 12.1 Å². The van der Waals surface area contributed by atoms with Crippen molar-refractivity contribution in [2.75, 3.05) is 57.3 Å². The molecule has 0 aromatic heterocycles. The summed E-state index contributed by atoms with van der Waals surface area (Å²) in [6, 6.07) is 8.08. The van der Waals surface area contributed by atoms with Crippen LogP contribution < -0.4 is 20.3 Å². The minimum Gasteiger partial charge on any atom is -0.492 e. The first-order valence-corrected chi connectivity index (χ1v) is 8.80. The molecule has 1 heterocycles. The molecule has 1 saturated heterocycles. The summed E-state index contributed by atoms with van der Waals surface area (Å²) in [5.41, 5.74) is 1.11. The average molecular weight is 348 g/mol. The minimum absolute atomic E-state index is 0.00600. The first-order chi connectivity index (χ1) is 12.1. The Labute approximate surface area is 149 Å². The van der Waals surface area contributed by atoms with E-state index in [2.05, 4.69) is 26.5 Å². The molecule has 0 radical (unpaired) electrons. The number of nitrogens with one attached hydrogen (secondary N) is 2. The number of piperazine rings is 1. The monoisotopic (exact) mass is 348 g/mol. The molecule has 0 unspecified atom stereocenters. The highest BCUT2D eigenvalue weighted by Gasteiger charge is 2.20. The molecule has 1 aliphatic heterocycles. The van der Waals surface area contributed by atoms with Crippen LogP contribution in [0.3, 0.4) is 0 Å². The van der Waals surface area contributed by atoms with Crippen LogP contribution >= 0.6 is 0 Å². The lowest BCUT2D eigenvalue weighted by Crippen LogP contribution is -2.50. The normalized spacial score (nSPS) is 14.9. The van der Waals surface area contributed by atoms with Gasteiger partial charge in [0, 0.05) is 46.2 Å². The highest BCUT2D eigenvalue weighted by Crippen LogP contribution is 2.28. The van der Waals surface area contributed by atoms with Crippen molar-refractivity contribution in [3.05, 3.63) is 24.3 Å². The number of hydrogen-bond acceptors (Lipinski definition) is 5. The van der Waals surface area contributed by atoms with Crippen molar-refractivity contribution in [1.29, 1.82) is 0 Å². The van der Waals surface area contributed by atoms with Crippen molar-refractivity contribution in [1.82, 2.24) is 15.5 Å². The van der Waals surface area contributed by atoms with Gasteiger partial charge < -0.3 is 20.3 Å². The maximum Gasteiger partial charge on any atom is 0.234 e. The van der Waals surface area contributed by atoms with Gasteiger partial charge >= 0.3 is 0 Å². The van der Waals surface area contributed by atoms with Gasteiger partial charge in [-0.05, 0) is 19.1 Å².